The van der Waals surface area contributed by atoms with E-state index in [1.807, 2.05) is 32.0 Å². The second-order valence-electron chi connectivity index (χ2n) is 4.76. The molecule has 0 aliphatic rings. The van der Waals surface area contributed by atoms with Crippen LogP contribution in [0.2, 0.25) is 0 Å². The van der Waals surface area contributed by atoms with Gasteiger partial charge in [-0.1, -0.05) is 30.7 Å². The molecule has 110 valence electrons. The minimum atomic E-state index is -0.428. The topological polar surface area (TPSA) is 52.4 Å². The Labute approximate surface area is 128 Å². The number of nitro groups is 1. The molecule has 2 aromatic rings. The summed E-state index contributed by atoms with van der Waals surface area (Å²) in [5.74, 6) is 1.06. The van der Waals surface area contributed by atoms with Crippen LogP contribution in [0.5, 0.6) is 11.5 Å². The Morgan fingerprint density at radius 2 is 1.90 bits per heavy atom. The maximum atomic E-state index is 11.2. The van der Waals surface area contributed by atoms with Gasteiger partial charge in [-0.15, -0.1) is 11.6 Å². The third kappa shape index (κ3) is 3.52. The molecule has 5 heteroatoms. The van der Waals surface area contributed by atoms with E-state index in [1.54, 1.807) is 18.2 Å². The highest BCUT2D eigenvalue weighted by atomic mass is 35.5. The monoisotopic (exact) mass is 305 g/mol. The fourth-order valence-electron chi connectivity index (χ4n) is 2.04. The molecule has 0 unspecified atom stereocenters. The third-order valence-corrected chi connectivity index (χ3v) is 3.50. The first kappa shape index (κ1) is 15.3. The predicted molar refractivity (Wildman–Crippen MR) is 83.3 cm³/mol. The fourth-order valence-corrected chi connectivity index (χ4v) is 2.25. The van der Waals surface area contributed by atoms with Gasteiger partial charge in [0.15, 0.2) is 0 Å². The predicted octanol–water partition coefficient (Wildman–Crippen LogP) is 5.00. The van der Waals surface area contributed by atoms with Gasteiger partial charge in [0.1, 0.15) is 5.75 Å². The molecule has 0 amide bonds. The lowest BCUT2D eigenvalue weighted by atomic mass is 10.1. The molecule has 0 spiro atoms. The summed E-state index contributed by atoms with van der Waals surface area (Å²) in [7, 11) is 0. The maximum absolute atomic E-state index is 11.2. The van der Waals surface area contributed by atoms with Gasteiger partial charge in [-0.25, -0.2) is 0 Å². The quantitative estimate of drug-likeness (QED) is 0.444. The molecule has 0 fully saturated rings. The van der Waals surface area contributed by atoms with Crippen LogP contribution in [0.4, 0.5) is 5.69 Å². The molecule has 0 heterocycles. The van der Waals surface area contributed by atoms with E-state index in [0.717, 1.165) is 23.1 Å². The van der Waals surface area contributed by atoms with E-state index in [2.05, 4.69) is 0 Å². The molecule has 0 aliphatic heterocycles. The van der Waals surface area contributed by atoms with Crippen LogP contribution >= 0.6 is 11.6 Å². The smallest absolute Gasteiger partial charge is 0.311 e. The Bertz CT molecular complexity index is 671. The van der Waals surface area contributed by atoms with E-state index in [9.17, 15) is 10.1 Å². The van der Waals surface area contributed by atoms with Crippen molar-refractivity contribution in [3.05, 3.63) is 63.2 Å². The first-order chi connectivity index (χ1) is 10.0. The van der Waals surface area contributed by atoms with Crippen LogP contribution in [0.25, 0.3) is 0 Å². The molecular formula is C16H16ClNO3. The molecule has 2 aromatic carbocycles. The average molecular weight is 306 g/mol. The molecule has 4 nitrogen and oxygen atoms in total. The molecule has 0 N–H and O–H groups in total. The SMILES string of the molecule is CCc1ccc(Oc2ccc(C)cc2CCl)c([N+](=O)[O-])c1. The van der Waals surface area contributed by atoms with Gasteiger partial charge in [0, 0.05) is 11.6 Å². The number of benzene rings is 2. The summed E-state index contributed by atoms with van der Waals surface area (Å²) in [5.41, 5.74) is 2.74. The van der Waals surface area contributed by atoms with Crippen LogP contribution in [-0.4, -0.2) is 4.92 Å². The lowest BCUT2D eigenvalue weighted by Crippen LogP contribution is -1.97. The van der Waals surface area contributed by atoms with E-state index in [0.29, 0.717) is 5.75 Å². The molecular weight excluding hydrogens is 290 g/mol. The summed E-state index contributed by atoms with van der Waals surface area (Å²) < 4.78 is 5.72. The Hall–Kier alpha value is -2.07. The summed E-state index contributed by atoms with van der Waals surface area (Å²) in [4.78, 5) is 10.8. The number of hydrogen-bond donors (Lipinski definition) is 0. The van der Waals surface area contributed by atoms with Crippen LogP contribution in [0.1, 0.15) is 23.6 Å². The van der Waals surface area contributed by atoms with Crippen molar-refractivity contribution in [2.75, 3.05) is 0 Å². The Kier molecular flexibility index (Phi) is 4.81. The molecule has 0 saturated heterocycles. The van der Waals surface area contributed by atoms with Crippen molar-refractivity contribution in [3.8, 4) is 11.5 Å². The van der Waals surface area contributed by atoms with Crippen LogP contribution in [-0.2, 0) is 12.3 Å². The normalized spacial score (nSPS) is 10.4. The Morgan fingerprint density at radius 1 is 1.19 bits per heavy atom. The van der Waals surface area contributed by atoms with Gasteiger partial charge < -0.3 is 4.74 Å². The van der Waals surface area contributed by atoms with Gasteiger partial charge in [-0.2, -0.15) is 0 Å². The second-order valence-corrected chi connectivity index (χ2v) is 5.03. The number of nitro benzene ring substituents is 1. The molecule has 0 radical (unpaired) electrons. The minimum Gasteiger partial charge on any atom is -0.450 e. The summed E-state index contributed by atoms with van der Waals surface area (Å²) in [6, 6.07) is 10.6. The van der Waals surface area contributed by atoms with Crippen molar-refractivity contribution in [3.63, 3.8) is 0 Å². The van der Waals surface area contributed by atoms with Crippen molar-refractivity contribution in [2.45, 2.75) is 26.1 Å². The maximum Gasteiger partial charge on any atom is 0.311 e. The van der Waals surface area contributed by atoms with Crippen molar-refractivity contribution in [1.29, 1.82) is 0 Å². The van der Waals surface area contributed by atoms with Crippen LogP contribution in [0, 0.1) is 17.0 Å². The Balaban J connectivity index is 2.42. The molecule has 0 aromatic heterocycles. The number of nitrogens with zero attached hydrogens (tertiary/aromatic N) is 1. The first-order valence-electron chi connectivity index (χ1n) is 6.65. The second kappa shape index (κ2) is 6.59. The Morgan fingerprint density at radius 3 is 2.52 bits per heavy atom. The number of alkyl halides is 1. The summed E-state index contributed by atoms with van der Waals surface area (Å²) in [5, 5.41) is 11.2. The fraction of sp³-hybridized carbons (Fsp3) is 0.250. The summed E-state index contributed by atoms with van der Waals surface area (Å²) in [6.45, 7) is 3.91. The van der Waals surface area contributed by atoms with Crippen molar-refractivity contribution in [2.24, 2.45) is 0 Å². The van der Waals surface area contributed by atoms with Crippen molar-refractivity contribution < 1.29 is 9.66 Å². The number of ether oxygens (including phenoxy) is 1. The highest BCUT2D eigenvalue weighted by Gasteiger charge is 2.17. The van der Waals surface area contributed by atoms with Crippen molar-refractivity contribution in [1.82, 2.24) is 0 Å². The lowest BCUT2D eigenvalue weighted by Gasteiger charge is -2.11. The number of halogens is 1. The molecule has 0 aliphatic carbocycles. The number of hydrogen-bond acceptors (Lipinski definition) is 3. The highest BCUT2D eigenvalue weighted by Crippen LogP contribution is 2.34. The minimum absolute atomic E-state index is 0.0320. The zero-order valence-corrected chi connectivity index (χ0v) is 12.7. The van der Waals surface area contributed by atoms with Gasteiger partial charge in [0.05, 0.1) is 10.8 Å². The first-order valence-corrected chi connectivity index (χ1v) is 7.19. The van der Waals surface area contributed by atoms with E-state index in [4.69, 9.17) is 16.3 Å². The zero-order chi connectivity index (χ0) is 15.4. The highest BCUT2D eigenvalue weighted by molar-refractivity contribution is 6.17. The molecule has 21 heavy (non-hydrogen) atoms. The number of aryl methyl sites for hydroxylation is 2. The van der Waals surface area contributed by atoms with E-state index in [-0.39, 0.29) is 17.3 Å². The van der Waals surface area contributed by atoms with E-state index < -0.39 is 4.92 Å². The van der Waals surface area contributed by atoms with Gasteiger partial charge in [0.2, 0.25) is 5.75 Å². The van der Waals surface area contributed by atoms with Crippen LogP contribution in [0.15, 0.2) is 36.4 Å². The number of rotatable bonds is 5. The average Bonchev–Trinajstić information content (AvgIpc) is 2.49. The van der Waals surface area contributed by atoms with Gasteiger partial charge in [0.25, 0.3) is 0 Å². The summed E-state index contributed by atoms with van der Waals surface area (Å²) >= 11 is 5.91. The van der Waals surface area contributed by atoms with Gasteiger partial charge in [-0.3, -0.25) is 10.1 Å². The van der Waals surface area contributed by atoms with Crippen LogP contribution in [0.3, 0.4) is 0 Å². The van der Waals surface area contributed by atoms with Crippen molar-refractivity contribution >= 4 is 17.3 Å². The molecule has 0 bridgehead atoms. The molecule has 0 atom stereocenters. The molecule has 2 rings (SSSR count). The standard InChI is InChI=1S/C16H16ClNO3/c1-3-12-5-7-16(14(9-12)18(19)20)21-15-6-4-11(2)8-13(15)10-17/h4-9H,3,10H2,1-2H3. The van der Waals surface area contributed by atoms with E-state index >= 15 is 0 Å². The summed E-state index contributed by atoms with van der Waals surface area (Å²) in [6.07, 6.45) is 0.735. The lowest BCUT2D eigenvalue weighted by molar-refractivity contribution is -0.385. The van der Waals surface area contributed by atoms with Crippen LogP contribution < -0.4 is 4.74 Å². The van der Waals surface area contributed by atoms with Gasteiger partial charge in [-0.05, 0) is 31.0 Å². The van der Waals surface area contributed by atoms with E-state index in [1.165, 1.54) is 0 Å². The largest absolute Gasteiger partial charge is 0.450 e. The van der Waals surface area contributed by atoms with Gasteiger partial charge >= 0.3 is 5.69 Å². The third-order valence-electron chi connectivity index (χ3n) is 3.21. The molecule has 0 saturated carbocycles. The zero-order valence-electron chi connectivity index (χ0n) is 11.9.